The molecule has 2 N–H and O–H groups in total. The van der Waals surface area contributed by atoms with Gasteiger partial charge in [0.05, 0.1) is 23.3 Å². The molecule has 28 heavy (non-hydrogen) atoms. The summed E-state index contributed by atoms with van der Waals surface area (Å²) in [6.07, 6.45) is 4.10. The number of fused-ring (bicyclic) bond motifs is 1. The molecule has 0 aliphatic carbocycles. The lowest BCUT2D eigenvalue weighted by molar-refractivity contribution is -0.141. The fourth-order valence-electron chi connectivity index (χ4n) is 3.43. The molecule has 1 fully saturated rings. The number of benzene rings is 1. The molecule has 0 bridgehead atoms. The van der Waals surface area contributed by atoms with Gasteiger partial charge in [0.2, 0.25) is 0 Å². The lowest BCUT2D eigenvalue weighted by Gasteiger charge is -2.15. The van der Waals surface area contributed by atoms with Gasteiger partial charge in [0.15, 0.2) is 5.82 Å². The molecule has 0 unspecified atom stereocenters. The molecule has 144 valence electrons. The van der Waals surface area contributed by atoms with Crippen LogP contribution in [0.3, 0.4) is 0 Å². The van der Waals surface area contributed by atoms with Gasteiger partial charge in [-0.1, -0.05) is 17.7 Å². The van der Waals surface area contributed by atoms with Crippen LogP contribution in [0.4, 0.5) is 11.5 Å². The van der Waals surface area contributed by atoms with Gasteiger partial charge < -0.3 is 10.4 Å². The lowest BCUT2D eigenvalue weighted by Crippen LogP contribution is -2.23. The average molecular weight is 398 g/mol. The molecule has 1 aliphatic rings. The largest absolute Gasteiger partial charge is 0.481 e. The number of rotatable bonds is 5. The Balaban J connectivity index is 1.56. The van der Waals surface area contributed by atoms with E-state index in [1.54, 1.807) is 12.4 Å². The number of aromatic nitrogens is 3. The first-order chi connectivity index (χ1) is 13.5. The quantitative estimate of drug-likeness (QED) is 0.679. The molecule has 0 amide bonds. The standard InChI is InChI=1S/C20H20ClN5O2/c1-12-15(21)3-2-4-16(12)25-19-18-17(5-7-22-19)24-14(9-23-18)11-26-8-6-13(10-26)20(27)28/h2-5,7,9,13H,6,8,10-11H2,1H3,(H,22,25)(H,27,28)/t13-/m1/s1. The maximum Gasteiger partial charge on any atom is 0.307 e. The van der Waals surface area contributed by atoms with Crippen molar-refractivity contribution in [1.82, 2.24) is 19.9 Å². The zero-order valence-corrected chi connectivity index (χ0v) is 16.1. The van der Waals surface area contributed by atoms with Crippen LogP contribution in [0.5, 0.6) is 0 Å². The number of carboxylic acids is 1. The Morgan fingerprint density at radius 2 is 2.21 bits per heavy atom. The molecule has 1 aliphatic heterocycles. The predicted molar refractivity (Wildman–Crippen MR) is 108 cm³/mol. The highest BCUT2D eigenvalue weighted by atomic mass is 35.5. The Hall–Kier alpha value is -2.77. The van der Waals surface area contributed by atoms with E-state index in [-0.39, 0.29) is 5.92 Å². The summed E-state index contributed by atoms with van der Waals surface area (Å²) in [5.74, 6) is -0.409. The van der Waals surface area contributed by atoms with Crippen molar-refractivity contribution < 1.29 is 9.90 Å². The van der Waals surface area contributed by atoms with Crippen molar-refractivity contribution in [1.29, 1.82) is 0 Å². The Bertz CT molecular complexity index is 1040. The van der Waals surface area contributed by atoms with E-state index in [0.29, 0.717) is 35.9 Å². The van der Waals surface area contributed by atoms with Crippen LogP contribution >= 0.6 is 11.6 Å². The van der Waals surface area contributed by atoms with E-state index in [1.807, 2.05) is 31.2 Å². The highest BCUT2D eigenvalue weighted by Gasteiger charge is 2.28. The van der Waals surface area contributed by atoms with Gasteiger partial charge in [-0.3, -0.25) is 9.69 Å². The molecule has 2 aromatic heterocycles. The third-order valence-electron chi connectivity index (χ3n) is 5.04. The van der Waals surface area contributed by atoms with Crippen molar-refractivity contribution >= 4 is 40.1 Å². The fraction of sp³-hybridized carbons (Fsp3) is 0.300. The summed E-state index contributed by atoms with van der Waals surface area (Å²) in [6, 6.07) is 7.49. The number of anilines is 2. The average Bonchev–Trinajstić information content (AvgIpc) is 3.14. The monoisotopic (exact) mass is 397 g/mol. The second-order valence-corrected chi connectivity index (χ2v) is 7.39. The number of pyridine rings is 1. The van der Waals surface area contributed by atoms with Crippen LogP contribution < -0.4 is 5.32 Å². The lowest BCUT2D eigenvalue weighted by atomic mass is 10.1. The summed E-state index contributed by atoms with van der Waals surface area (Å²) in [6.45, 7) is 3.84. The Kier molecular flexibility index (Phi) is 5.11. The maximum absolute atomic E-state index is 11.1. The number of nitrogens with one attached hydrogen (secondary N) is 1. The number of carboxylic acid groups (broad SMARTS) is 1. The molecular formula is C20H20ClN5O2. The molecule has 1 atom stereocenters. The van der Waals surface area contributed by atoms with E-state index < -0.39 is 5.97 Å². The molecule has 3 aromatic rings. The highest BCUT2D eigenvalue weighted by Crippen LogP contribution is 2.28. The van der Waals surface area contributed by atoms with Crippen molar-refractivity contribution in [2.75, 3.05) is 18.4 Å². The van der Waals surface area contributed by atoms with Gasteiger partial charge >= 0.3 is 5.97 Å². The molecule has 1 saturated heterocycles. The van der Waals surface area contributed by atoms with Gasteiger partial charge in [0, 0.05) is 30.0 Å². The van der Waals surface area contributed by atoms with Crippen molar-refractivity contribution in [2.45, 2.75) is 19.9 Å². The zero-order valence-electron chi connectivity index (χ0n) is 15.4. The van der Waals surface area contributed by atoms with Crippen LogP contribution in [0.1, 0.15) is 17.7 Å². The van der Waals surface area contributed by atoms with Crippen LogP contribution in [0, 0.1) is 12.8 Å². The number of hydrogen-bond donors (Lipinski definition) is 2. The highest BCUT2D eigenvalue weighted by molar-refractivity contribution is 6.31. The Labute approximate surface area is 167 Å². The molecule has 0 radical (unpaired) electrons. The summed E-state index contributed by atoms with van der Waals surface area (Å²) in [5, 5.41) is 13.1. The van der Waals surface area contributed by atoms with Gasteiger partial charge in [0.1, 0.15) is 5.52 Å². The second kappa shape index (κ2) is 7.69. The van der Waals surface area contributed by atoms with Crippen molar-refractivity contribution in [2.24, 2.45) is 5.92 Å². The molecule has 3 heterocycles. The zero-order chi connectivity index (χ0) is 19.7. The van der Waals surface area contributed by atoms with E-state index in [0.717, 1.165) is 29.0 Å². The number of nitrogens with zero attached hydrogens (tertiary/aromatic N) is 4. The first-order valence-electron chi connectivity index (χ1n) is 9.09. The number of aliphatic carboxylic acids is 1. The first-order valence-corrected chi connectivity index (χ1v) is 9.47. The van der Waals surface area contributed by atoms with Gasteiger partial charge in [-0.15, -0.1) is 0 Å². The molecule has 8 heteroatoms. The van der Waals surface area contributed by atoms with Gasteiger partial charge in [-0.25, -0.2) is 15.0 Å². The summed E-state index contributed by atoms with van der Waals surface area (Å²) < 4.78 is 0. The summed E-state index contributed by atoms with van der Waals surface area (Å²) in [5.41, 5.74) is 4.04. The van der Waals surface area contributed by atoms with Crippen LogP contribution in [-0.2, 0) is 11.3 Å². The number of likely N-dealkylation sites (tertiary alicyclic amines) is 1. The van der Waals surface area contributed by atoms with Gasteiger partial charge in [-0.05, 0) is 43.7 Å². The fourth-order valence-corrected chi connectivity index (χ4v) is 3.60. The summed E-state index contributed by atoms with van der Waals surface area (Å²) in [4.78, 5) is 26.9. The smallest absolute Gasteiger partial charge is 0.307 e. The van der Waals surface area contributed by atoms with Crippen molar-refractivity contribution in [3.05, 3.63) is 52.9 Å². The van der Waals surface area contributed by atoms with Crippen LogP contribution in [0.15, 0.2) is 36.7 Å². The predicted octanol–water partition coefficient (Wildman–Crippen LogP) is 3.64. The Morgan fingerprint density at radius 1 is 1.36 bits per heavy atom. The van der Waals surface area contributed by atoms with E-state index in [4.69, 9.17) is 21.7 Å². The third kappa shape index (κ3) is 3.76. The van der Waals surface area contributed by atoms with E-state index in [2.05, 4.69) is 20.2 Å². The van der Waals surface area contributed by atoms with Gasteiger partial charge in [0.25, 0.3) is 0 Å². The van der Waals surface area contributed by atoms with E-state index in [9.17, 15) is 4.79 Å². The number of halogens is 1. The molecule has 0 saturated carbocycles. The number of carbonyl (C=O) groups is 1. The molecule has 0 spiro atoms. The van der Waals surface area contributed by atoms with Crippen molar-refractivity contribution in [3.8, 4) is 0 Å². The molecule has 1 aromatic carbocycles. The summed E-state index contributed by atoms with van der Waals surface area (Å²) in [7, 11) is 0. The first kappa shape index (κ1) is 18.6. The van der Waals surface area contributed by atoms with Crippen LogP contribution in [0.25, 0.3) is 11.0 Å². The minimum absolute atomic E-state index is 0.297. The third-order valence-corrected chi connectivity index (χ3v) is 5.45. The minimum atomic E-state index is -0.731. The summed E-state index contributed by atoms with van der Waals surface area (Å²) >= 11 is 6.20. The number of hydrogen-bond acceptors (Lipinski definition) is 6. The topological polar surface area (TPSA) is 91.2 Å². The minimum Gasteiger partial charge on any atom is -0.481 e. The van der Waals surface area contributed by atoms with Crippen LogP contribution in [0.2, 0.25) is 5.02 Å². The molecular weight excluding hydrogens is 378 g/mol. The van der Waals surface area contributed by atoms with E-state index in [1.165, 1.54) is 0 Å². The van der Waals surface area contributed by atoms with Crippen LogP contribution in [-0.4, -0.2) is 44.0 Å². The molecule has 4 rings (SSSR count). The normalized spacial score (nSPS) is 17.1. The SMILES string of the molecule is Cc1c(Cl)cccc1Nc1nccc2nc(CN3CC[C@@H](C(=O)O)C3)cnc12. The van der Waals surface area contributed by atoms with Crippen molar-refractivity contribution in [3.63, 3.8) is 0 Å². The molecule has 7 nitrogen and oxygen atoms in total. The Morgan fingerprint density at radius 3 is 3.00 bits per heavy atom. The second-order valence-electron chi connectivity index (χ2n) is 6.98. The van der Waals surface area contributed by atoms with Gasteiger partial charge in [-0.2, -0.15) is 0 Å². The maximum atomic E-state index is 11.1. The van der Waals surface area contributed by atoms with E-state index >= 15 is 0 Å².